The molecule has 0 saturated carbocycles. The van der Waals surface area contributed by atoms with E-state index in [4.69, 9.17) is 4.98 Å². The molecule has 41 heavy (non-hydrogen) atoms. The second kappa shape index (κ2) is 8.69. The van der Waals surface area contributed by atoms with Crippen LogP contribution in [0, 0.1) is 0 Å². The SMILES string of the molecule is c1ccc2c(c1)-c1ccccc1-c1c(cccc1-c1cccc3c1sc1ccccc13)-c1nc3ncccc3cc1-2. The summed E-state index contributed by atoms with van der Waals surface area (Å²) >= 11 is 1.87. The van der Waals surface area contributed by atoms with Gasteiger partial charge in [0, 0.05) is 48.4 Å². The summed E-state index contributed by atoms with van der Waals surface area (Å²) in [6, 6.07) is 46.1. The highest BCUT2D eigenvalue weighted by Crippen LogP contribution is 2.51. The van der Waals surface area contributed by atoms with Gasteiger partial charge in [0.1, 0.15) is 0 Å². The molecule has 1 aliphatic carbocycles. The molecule has 0 spiro atoms. The lowest BCUT2D eigenvalue weighted by molar-refractivity contribution is 1.29. The van der Waals surface area contributed by atoms with Gasteiger partial charge in [-0.15, -0.1) is 11.3 Å². The van der Waals surface area contributed by atoms with E-state index in [1.807, 2.05) is 23.6 Å². The lowest BCUT2D eigenvalue weighted by Crippen LogP contribution is -2.01. The lowest BCUT2D eigenvalue weighted by Gasteiger charge is -2.24. The van der Waals surface area contributed by atoms with Gasteiger partial charge in [-0.25, -0.2) is 9.97 Å². The largest absolute Gasteiger partial charge is 0.237 e. The molecule has 3 aromatic heterocycles. The van der Waals surface area contributed by atoms with Gasteiger partial charge in [0.2, 0.25) is 0 Å². The van der Waals surface area contributed by atoms with Gasteiger partial charge < -0.3 is 0 Å². The highest BCUT2D eigenvalue weighted by atomic mass is 32.1. The van der Waals surface area contributed by atoms with E-state index in [-0.39, 0.29) is 0 Å². The molecule has 3 heterocycles. The highest BCUT2D eigenvalue weighted by Gasteiger charge is 2.26. The third-order valence-electron chi connectivity index (χ3n) is 8.31. The molecule has 8 aromatic rings. The van der Waals surface area contributed by atoms with E-state index in [1.54, 1.807) is 0 Å². The number of benzene rings is 5. The minimum Gasteiger partial charge on any atom is -0.237 e. The van der Waals surface area contributed by atoms with Crippen molar-refractivity contribution >= 4 is 42.5 Å². The Labute approximate surface area is 241 Å². The maximum atomic E-state index is 5.25. The smallest absolute Gasteiger partial charge is 0.159 e. The van der Waals surface area contributed by atoms with Crippen molar-refractivity contribution in [3.63, 3.8) is 0 Å². The summed E-state index contributed by atoms with van der Waals surface area (Å²) in [5, 5.41) is 3.66. The average molecular weight is 539 g/mol. The van der Waals surface area contributed by atoms with Gasteiger partial charge in [-0.2, -0.15) is 0 Å². The van der Waals surface area contributed by atoms with Crippen LogP contribution in [-0.2, 0) is 0 Å². The van der Waals surface area contributed by atoms with Gasteiger partial charge in [-0.1, -0.05) is 103 Å². The molecule has 2 nitrogen and oxygen atoms in total. The summed E-state index contributed by atoms with van der Waals surface area (Å²) in [5.41, 5.74) is 12.6. The first-order chi connectivity index (χ1) is 20.3. The average Bonchev–Trinajstić information content (AvgIpc) is 3.42. The lowest BCUT2D eigenvalue weighted by atomic mass is 9.80. The van der Waals surface area contributed by atoms with E-state index >= 15 is 0 Å². The molecule has 0 atom stereocenters. The summed E-state index contributed by atoms with van der Waals surface area (Å²) in [5.74, 6) is 0. The van der Waals surface area contributed by atoms with Crippen molar-refractivity contribution in [1.82, 2.24) is 9.97 Å². The molecule has 0 N–H and O–H groups in total. The standard InChI is InChI=1S/C38H22N2S/c1-2-13-26-24(11-1)25-12-3-4-15-28(25)35-29(31-18-8-17-30-27-14-5-6-20-34(27)41-37(30)31)16-7-19-32(35)36-33(26)22-23-10-9-21-39-38(23)40-36/h1-22H. The maximum Gasteiger partial charge on any atom is 0.159 e. The predicted octanol–water partition coefficient (Wildman–Crippen LogP) is 10.6. The van der Waals surface area contributed by atoms with Gasteiger partial charge in [0.15, 0.2) is 5.65 Å². The second-order valence-corrected chi connectivity index (χ2v) is 11.6. The topological polar surface area (TPSA) is 25.8 Å². The summed E-state index contributed by atoms with van der Waals surface area (Å²) in [6.45, 7) is 0. The van der Waals surface area contributed by atoms with E-state index in [0.29, 0.717) is 0 Å². The number of thiophene rings is 1. The van der Waals surface area contributed by atoms with Crippen LogP contribution >= 0.6 is 11.3 Å². The number of pyridine rings is 2. The first kappa shape index (κ1) is 22.7. The summed E-state index contributed by atoms with van der Waals surface area (Å²) in [4.78, 5) is 9.91. The van der Waals surface area contributed by atoms with Crippen LogP contribution in [0.2, 0.25) is 0 Å². The Bertz CT molecular complexity index is 2330. The van der Waals surface area contributed by atoms with Crippen molar-refractivity contribution in [2.45, 2.75) is 0 Å². The Morgan fingerprint density at radius 1 is 0.463 bits per heavy atom. The summed E-state index contributed by atoms with van der Waals surface area (Å²) in [6.07, 6.45) is 1.83. The van der Waals surface area contributed by atoms with Gasteiger partial charge >= 0.3 is 0 Å². The van der Waals surface area contributed by atoms with Crippen LogP contribution in [0.4, 0.5) is 0 Å². The molecule has 0 aliphatic heterocycles. The van der Waals surface area contributed by atoms with Gasteiger partial charge in [0.25, 0.3) is 0 Å². The van der Waals surface area contributed by atoms with E-state index in [9.17, 15) is 0 Å². The van der Waals surface area contributed by atoms with Crippen LogP contribution in [0.5, 0.6) is 0 Å². The van der Waals surface area contributed by atoms with Crippen molar-refractivity contribution in [3.05, 3.63) is 134 Å². The highest BCUT2D eigenvalue weighted by molar-refractivity contribution is 7.26. The second-order valence-electron chi connectivity index (χ2n) is 10.5. The van der Waals surface area contributed by atoms with Crippen LogP contribution in [0.1, 0.15) is 0 Å². The minimum atomic E-state index is 0.764. The van der Waals surface area contributed by atoms with E-state index < -0.39 is 0 Å². The molecular formula is C38H22N2S. The molecule has 0 amide bonds. The van der Waals surface area contributed by atoms with Crippen LogP contribution < -0.4 is 0 Å². The fraction of sp³-hybridized carbons (Fsp3) is 0. The summed E-state index contributed by atoms with van der Waals surface area (Å²) < 4.78 is 2.63. The van der Waals surface area contributed by atoms with Gasteiger partial charge in [-0.3, -0.25) is 0 Å². The van der Waals surface area contributed by atoms with Crippen LogP contribution in [0.15, 0.2) is 134 Å². The zero-order valence-electron chi connectivity index (χ0n) is 22.0. The fourth-order valence-electron chi connectivity index (χ4n) is 6.53. The molecule has 190 valence electrons. The minimum absolute atomic E-state index is 0.764. The van der Waals surface area contributed by atoms with Crippen molar-refractivity contribution in [3.8, 4) is 55.8 Å². The molecule has 5 aromatic carbocycles. The molecule has 0 radical (unpaired) electrons. The third kappa shape index (κ3) is 3.30. The van der Waals surface area contributed by atoms with E-state index in [2.05, 4.69) is 126 Å². The molecule has 0 bridgehead atoms. The number of hydrogen-bond acceptors (Lipinski definition) is 3. The number of hydrogen-bond donors (Lipinski definition) is 0. The zero-order chi connectivity index (χ0) is 26.9. The quantitative estimate of drug-likeness (QED) is 0.208. The maximum absolute atomic E-state index is 5.25. The Morgan fingerprint density at radius 2 is 1.10 bits per heavy atom. The number of nitrogens with zero attached hydrogens (tertiary/aromatic N) is 2. The third-order valence-corrected chi connectivity index (χ3v) is 9.53. The van der Waals surface area contributed by atoms with Crippen molar-refractivity contribution < 1.29 is 0 Å². The summed E-state index contributed by atoms with van der Waals surface area (Å²) in [7, 11) is 0. The number of fused-ring (bicyclic) bond motifs is 12. The normalized spacial score (nSPS) is 11.9. The first-order valence-corrected chi connectivity index (χ1v) is 14.7. The predicted molar refractivity (Wildman–Crippen MR) is 173 cm³/mol. The molecule has 0 fully saturated rings. The van der Waals surface area contributed by atoms with Crippen LogP contribution in [0.25, 0.3) is 87.0 Å². The molecule has 1 aliphatic rings. The van der Waals surface area contributed by atoms with Crippen molar-refractivity contribution in [1.29, 1.82) is 0 Å². The van der Waals surface area contributed by atoms with Crippen molar-refractivity contribution in [2.75, 3.05) is 0 Å². The van der Waals surface area contributed by atoms with Crippen LogP contribution in [0.3, 0.4) is 0 Å². The molecule has 3 heteroatoms. The van der Waals surface area contributed by atoms with E-state index in [0.717, 1.165) is 27.9 Å². The number of rotatable bonds is 1. The first-order valence-electron chi connectivity index (χ1n) is 13.8. The Kier molecular flexibility index (Phi) is 4.80. The van der Waals surface area contributed by atoms with Crippen molar-refractivity contribution in [2.24, 2.45) is 0 Å². The Hall–Kier alpha value is -5.12. The monoisotopic (exact) mass is 538 g/mol. The zero-order valence-corrected chi connectivity index (χ0v) is 22.8. The van der Waals surface area contributed by atoms with E-state index in [1.165, 1.54) is 59.1 Å². The van der Waals surface area contributed by atoms with Gasteiger partial charge in [-0.05, 0) is 57.6 Å². The van der Waals surface area contributed by atoms with Gasteiger partial charge in [0.05, 0.1) is 5.69 Å². The Morgan fingerprint density at radius 3 is 1.98 bits per heavy atom. The fourth-order valence-corrected chi connectivity index (χ4v) is 7.76. The van der Waals surface area contributed by atoms with Crippen LogP contribution in [-0.4, -0.2) is 9.97 Å². The Balaban J connectivity index is 1.46. The molecular weight excluding hydrogens is 516 g/mol. The molecule has 9 rings (SSSR count). The molecule has 0 unspecified atom stereocenters. The molecule has 0 saturated heterocycles. The number of aromatic nitrogens is 2.